The highest BCUT2D eigenvalue weighted by Crippen LogP contribution is 2.25. The molecule has 4 N–H and O–H groups in total. The van der Waals surface area contributed by atoms with E-state index < -0.39 is 5.97 Å². The number of aryl methyl sites for hydroxylation is 1. The smallest absolute Gasteiger partial charge is 0.303 e. The number of aliphatic carboxylic acids is 1. The maximum Gasteiger partial charge on any atom is 0.303 e. The first-order valence-corrected chi connectivity index (χ1v) is 6.95. The number of nitrogens with one attached hydrogen (secondary N) is 1. The Kier molecular flexibility index (Phi) is 6.21. The zero-order chi connectivity index (χ0) is 14.3. The number of carbonyl (C=O) groups is 2. The van der Waals surface area contributed by atoms with Crippen LogP contribution in [0.2, 0.25) is 0 Å². The minimum atomic E-state index is -0.851. The van der Waals surface area contributed by atoms with E-state index in [0.29, 0.717) is 18.7 Å². The van der Waals surface area contributed by atoms with Crippen molar-refractivity contribution >= 4 is 29.3 Å². The van der Waals surface area contributed by atoms with Gasteiger partial charge in [0.05, 0.1) is 5.75 Å². The number of carboxylic acid groups (broad SMARTS) is 1. The summed E-state index contributed by atoms with van der Waals surface area (Å²) < 4.78 is 0. The average molecular weight is 282 g/mol. The lowest BCUT2D eigenvalue weighted by Crippen LogP contribution is -2.26. The van der Waals surface area contributed by atoms with Crippen molar-refractivity contribution < 1.29 is 14.7 Å². The molecule has 0 aliphatic heterocycles. The number of carboxylic acids is 1. The summed E-state index contributed by atoms with van der Waals surface area (Å²) in [5.41, 5.74) is 7.57. The van der Waals surface area contributed by atoms with E-state index in [-0.39, 0.29) is 18.1 Å². The largest absolute Gasteiger partial charge is 0.481 e. The highest BCUT2D eigenvalue weighted by molar-refractivity contribution is 8.00. The molecule has 6 heteroatoms. The molecule has 0 unspecified atom stereocenters. The Bertz CT molecular complexity index is 463. The molecule has 0 bridgehead atoms. The van der Waals surface area contributed by atoms with Crippen LogP contribution < -0.4 is 11.1 Å². The number of thioether (sulfide) groups is 1. The van der Waals surface area contributed by atoms with Crippen molar-refractivity contribution in [3.05, 3.63) is 23.8 Å². The third-order valence-corrected chi connectivity index (χ3v) is 3.49. The number of benzene rings is 1. The van der Waals surface area contributed by atoms with Gasteiger partial charge in [-0.25, -0.2) is 0 Å². The number of anilines is 1. The van der Waals surface area contributed by atoms with E-state index in [4.69, 9.17) is 10.8 Å². The first kappa shape index (κ1) is 15.4. The van der Waals surface area contributed by atoms with Crippen LogP contribution in [0.25, 0.3) is 0 Å². The fraction of sp³-hybridized carbons (Fsp3) is 0.385. The molecule has 1 amide bonds. The summed E-state index contributed by atoms with van der Waals surface area (Å²) in [5.74, 6) is -0.687. The van der Waals surface area contributed by atoms with Gasteiger partial charge in [0, 0.05) is 23.5 Å². The van der Waals surface area contributed by atoms with Gasteiger partial charge >= 0.3 is 5.97 Å². The molecule has 0 aromatic heterocycles. The molecule has 1 aromatic rings. The normalized spacial score (nSPS) is 10.2. The molecular weight excluding hydrogens is 264 g/mol. The highest BCUT2D eigenvalue weighted by Gasteiger charge is 2.05. The van der Waals surface area contributed by atoms with E-state index in [2.05, 4.69) is 5.32 Å². The fourth-order valence-corrected chi connectivity index (χ4v) is 2.32. The number of amides is 1. The van der Waals surface area contributed by atoms with Crippen molar-refractivity contribution in [1.82, 2.24) is 5.32 Å². The molecule has 5 nitrogen and oxygen atoms in total. The van der Waals surface area contributed by atoms with Gasteiger partial charge in [-0.3, -0.25) is 9.59 Å². The van der Waals surface area contributed by atoms with E-state index in [0.717, 1.165) is 10.5 Å². The molecule has 19 heavy (non-hydrogen) atoms. The Balaban J connectivity index is 2.30. The quantitative estimate of drug-likeness (QED) is 0.402. The molecule has 0 aliphatic rings. The van der Waals surface area contributed by atoms with Crippen molar-refractivity contribution in [2.75, 3.05) is 18.0 Å². The van der Waals surface area contributed by atoms with E-state index in [1.165, 1.54) is 11.8 Å². The number of hydrogen-bond donors (Lipinski definition) is 3. The highest BCUT2D eigenvalue weighted by atomic mass is 32.2. The van der Waals surface area contributed by atoms with E-state index in [1.54, 1.807) is 0 Å². The Morgan fingerprint density at radius 3 is 2.84 bits per heavy atom. The van der Waals surface area contributed by atoms with Gasteiger partial charge in [0.1, 0.15) is 0 Å². The van der Waals surface area contributed by atoms with Crippen LogP contribution in [0.15, 0.2) is 23.1 Å². The Labute approximate surface area is 116 Å². The summed E-state index contributed by atoms with van der Waals surface area (Å²) in [6.45, 7) is 2.35. The van der Waals surface area contributed by atoms with Crippen LogP contribution in [0.3, 0.4) is 0 Å². The molecule has 0 fully saturated rings. The second kappa shape index (κ2) is 7.68. The number of carbonyl (C=O) groups excluding carboxylic acids is 1. The van der Waals surface area contributed by atoms with Crippen molar-refractivity contribution in [3.63, 3.8) is 0 Å². The van der Waals surface area contributed by atoms with Crippen LogP contribution in [0.1, 0.15) is 18.4 Å². The molecule has 0 radical (unpaired) electrons. The predicted octanol–water partition coefficient (Wildman–Crippen LogP) is 1.65. The zero-order valence-electron chi connectivity index (χ0n) is 10.8. The standard InChI is InChI=1S/C13H18N2O3S/c1-9-4-5-10(14)11(7-9)19-8-12(16)15-6-2-3-13(17)18/h4-5,7H,2-3,6,8,14H2,1H3,(H,15,16)(H,17,18). The van der Waals surface area contributed by atoms with E-state index in [1.807, 2.05) is 25.1 Å². The monoisotopic (exact) mass is 282 g/mol. The van der Waals surface area contributed by atoms with Crippen LogP contribution in [0, 0.1) is 6.92 Å². The fourth-order valence-electron chi connectivity index (χ4n) is 1.43. The van der Waals surface area contributed by atoms with Gasteiger partial charge < -0.3 is 16.2 Å². The molecule has 104 valence electrons. The maximum absolute atomic E-state index is 11.5. The zero-order valence-corrected chi connectivity index (χ0v) is 11.6. The molecule has 1 rings (SSSR count). The third-order valence-electron chi connectivity index (χ3n) is 2.42. The van der Waals surface area contributed by atoms with Crippen molar-refractivity contribution in [2.45, 2.75) is 24.7 Å². The molecular formula is C13H18N2O3S. The molecule has 0 aliphatic carbocycles. The third kappa shape index (κ3) is 6.15. The lowest BCUT2D eigenvalue weighted by atomic mass is 10.2. The molecule has 0 atom stereocenters. The van der Waals surface area contributed by atoms with Gasteiger partial charge in [-0.1, -0.05) is 6.07 Å². The summed E-state index contributed by atoms with van der Waals surface area (Å²) in [7, 11) is 0. The predicted molar refractivity (Wildman–Crippen MR) is 76.2 cm³/mol. The van der Waals surface area contributed by atoms with Gasteiger partial charge in [0.15, 0.2) is 0 Å². The number of nitrogen functional groups attached to an aromatic ring is 1. The Hall–Kier alpha value is -1.69. The van der Waals surface area contributed by atoms with E-state index >= 15 is 0 Å². The van der Waals surface area contributed by atoms with Crippen LogP contribution >= 0.6 is 11.8 Å². The molecule has 0 spiro atoms. The van der Waals surface area contributed by atoms with Crippen molar-refractivity contribution in [1.29, 1.82) is 0 Å². The average Bonchev–Trinajstić information content (AvgIpc) is 2.35. The van der Waals surface area contributed by atoms with Crippen molar-refractivity contribution in [2.24, 2.45) is 0 Å². The molecule has 1 aromatic carbocycles. The van der Waals surface area contributed by atoms with Crippen LogP contribution in [0.4, 0.5) is 5.69 Å². The number of nitrogens with two attached hydrogens (primary N) is 1. The van der Waals surface area contributed by atoms with Crippen LogP contribution in [-0.2, 0) is 9.59 Å². The SMILES string of the molecule is Cc1ccc(N)c(SCC(=O)NCCCC(=O)O)c1. The first-order chi connectivity index (χ1) is 8.99. The minimum absolute atomic E-state index is 0.0677. The van der Waals surface area contributed by atoms with E-state index in [9.17, 15) is 9.59 Å². The van der Waals surface area contributed by atoms with Gasteiger partial charge in [-0.15, -0.1) is 11.8 Å². The Morgan fingerprint density at radius 1 is 1.42 bits per heavy atom. The summed E-state index contributed by atoms with van der Waals surface area (Å²) >= 11 is 1.38. The lowest BCUT2D eigenvalue weighted by molar-refractivity contribution is -0.137. The summed E-state index contributed by atoms with van der Waals surface area (Å²) in [6.07, 6.45) is 0.510. The molecule has 0 saturated heterocycles. The van der Waals surface area contributed by atoms with Gasteiger partial charge in [0.25, 0.3) is 0 Å². The molecule has 0 saturated carbocycles. The Morgan fingerprint density at radius 2 is 2.16 bits per heavy atom. The summed E-state index contributed by atoms with van der Waals surface area (Å²) in [4.78, 5) is 22.7. The summed E-state index contributed by atoms with van der Waals surface area (Å²) in [6, 6.07) is 5.69. The maximum atomic E-state index is 11.5. The molecule has 0 heterocycles. The van der Waals surface area contributed by atoms with Crippen LogP contribution in [0.5, 0.6) is 0 Å². The lowest BCUT2D eigenvalue weighted by Gasteiger charge is -2.07. The first-order valence-electron chi connectivity index (χ1n) is 5.96. The van der Waals surface area contributed by atoms with Gasteiger partial charge in [-0.2, -0.15) is 0 Å². The second-order valence-corrected chi connectivity index (χ2v) is 5.19. The number of hydrogen-bond acceptors (Lipinski definition) is 4. The van der Waals surface area contributed by atoms with Crippen molar-refractivity contribution in [3.8, 4) is 0 Å². The van der Waals surface area contributed by atoms with Gasteiger partial charge in [0.2, 0.25) is 5.91 Å². The second-order valence-electron chi connectivity index (χ2n) is 4.18. The summed E-state index contributed by atoms with van der Waals surface area (Å²) in [5, 5.41) is 11.1. The number of rotatable bonds is 7. The van der Waals surface area contributed by atoms with Crippen LogP contribution in [-0.4, -0.2) is 29.3 Å². The topological polar surface area (TPSA) is 92.4 Å². The minimum Gasteiger partial charge on any atom is -0.481 e. The van der Waals surface area contributed by atoms with Gasteiger partial charge in [-0.05, 0) is 31.0 Å².